The molecule has 0 radical (unpaired) electrons. The number of aromatic nitrogens is 1. The fourth-order valence-electron chi connectivity index (χ4n) is 2.19. The van der Waals surface area contributed by atoms with Gasteiger partial charge in [-0.15, -0.1) is 11.3 Å². The monoisotopic (exact) mass is 290 g/mol. The summed E-state index contributed by atoms with van der Waals surface area (Å²) >= 11 is 1.56. The van der Waals surface area contributed by atoms with E-state index in [9.17, 15) is 9.59 Å². The second kappa shape index (κ2) is 5.20. The highest BCUT2D eigenvalue weighted by molar-refractivity contribution is 7.16. The average molecular weight is 290 g/mol. The van der Waals surface area contributed by atoms with Crippen LogP contribution in [0.4, 0.5) is 0 Å². The normalized spacial score (nSPS) is 14.4. The van der Waals surface area contributed by atoms with Crippen LogP contribution in [0.1, 0.15) is 18.4 Å². The van der Waals surface area contributed by atoms with Crippen molar-refractivity contribution in [2.24, 2.45) is 5.92 Å². The Hall–Kier alpha value is -1.95. The number of carbonyl (C=O) groups is 2. The second-order valence-electron chi connectivity index (χ2n) is 5.09. The maximum Gasteiger partial charge on any atom is 0.394 e. The first-order valence-electron chi connectivity index (χ1n) is 6.48. The van der Waals surface area contributed by atoms with E-state index in [1.54, 1.807) is 16.8 Å². The Kier molecular flexibility index (Phi) is 3.40. The van der Waals surface area contributed by atoms with Gasteiger partial charge in [0.2, 0.25) is 0 Å². The topological polar surface area (TPSA) is 70.5 Å². The van der Waals surface area contributed by atoms with Gasteiger partial charge in [-0.25, -0.2) is 9.78 Å². The molecule has 1 fully saturated rings. The molecule has 0 saturated heterocycles. The zero-order valence-corrected chi connectivity index (χ0v) is 11.6. The molecule has 0 unspecified atom stereocenters. The number of rotatable bonds is 4. The predicted molar refractivity (Wildman–Crippen MR) is 75.4 cm³/mol. The molecule has 104 valence electrons. The Morgan fingerprint density at radius 2 is 2.20 bits per heavy atom. The largest absolute Gasteiger partial charge is 0.474 e. The standard InChI is InChI=1S/C14H14N2O3S/c17-13(14(18)19)16(6-9-1-2-9)7-10-3-4-12-11(5-10)15-8-20-12/h3-5,8-9H,1-2,6-7H2,(H,18,19). The van der Waals surface area contributed by atoms with Gasteiger partial charge in [0.15, 0.2) is 0 Å². The number of thiazole rings is 1. The molecule has 0 atom stereocenters. The first-order valence-corrected chi connectivity index (χ1v) is 7.36. The molecule has 5 nitrogen and oxygen atoms in total. The number of aliphatic carboxylic acids is 1. The maximum absolute atomic E-state index is 11.7. The highest BCUT2D eigenvalue weighted by Crippen LogP contribution is 2.30. The zero-order valence-electron chi connectivity index (χ0n) is 10.8. The lowest BCUT2D eigenvalue weighted by molar-refractivity contribution is -0.156. The lowest BCUT2D eigenvalue weighted by Gasteiger charge is -2.20. The van der Waals surface area contributed by atoms with Crippen LogP contribution in [0.3, 0.4) is 0 Å². The number of hydrogen-bond donors (Lipinski definition) is 1. The minimum absolute atomic E-state index is 0.328. The van der Waals surface area contributed by atoms with Crippen LogP contribution in [-0.2, 0) is 16.1 Å². The van der Waals surface area contributed by atoms with Gasteiger partial charge < -0.3 is 10.0 Å². The van der Waals surface area contributed by atoms with Gasteiger partial charge >= 0.3 is 11.9 Å². The molecule has 1 aromatic carbocycles. The van der Waals surface area contributed by atoms with Crippen LogP contribution in [0.25, 0.3) is 10.2 Å². The average Bonchev–Trinajstić information content (AvgIpc) is 3.12. The minimum atomic E-state index is -1.39. The molecule has 2 aromatic rings. The highest BCUT2D eigenvalue weighted by Gasteiger charge is 2.29. The molecule has 1 aliphatic rings. The molecule has 1 N–H and O–H groups in total. The minimum Gasteiger partial charge on any atom is -0.474 e. The third kappa shape index (κ3) is 2.80. The number of carbonyl (C=O) groups excluding carboxylic acids is 1. The summed E-state index contributed by atoms with van der Waals surface area (Å²) in [6.45, 7) is 0.856. The van der Waals surface area contributed by atoms with Crippen molar-refractivity contribution >= 4 is 33.4 Å². The number of fused-ring (bicyclic) bond motifs is 1. The Labute approximate surface area is 119 Å². The number of carboxylic acids is 1. The summed E-state index contributed by atoms with van der Waals surface area (Å²) in [5.41, 5.74) is 3.58. The Morgan fingerprint density at radius 3 is 2.90 bits per heavy atom. The van der Waals surface area contributed by atoms with Gasteiger partial charge in [0.25, 0.3) is 0 Å². The number of nitrogens with zero attached hydrogens (tertiary/aromatic N) is 2. The lowest BCUT2D eigenvalue weighted by Crippen LogP contribution is -2.37. The first kappa shape index (κ1) is 13.1. The lowest BCUT2D eigenvalue weighted by atomic mass is 10.2. The summed E-state index contributed by atoms with van der Waals surface area (Å²) in [7, 11) is 0. The van der Waals surface area contributed by atoms with E-state index < -0.39 is 11.9 Å². The van der Waals surface area contributed by atoms with Gasteiger partial charge in [-0.2, -0.15) is 0 Å². The van der Waals surface area contributed by atoms with Crippen LogP contribution in [0.2, 0.25) is 0 Å². The fourth-order valence-corrected chi connectivity index (χ4v) is 2.85. The quantitative estimate of drug-likeness (QED) is 0.876. The summed E-state index contributed by atoms with van der Waals surface area (Å²) in [6, 6.07) is 5.80. The zero-order chi connectivity index (χ0) is 14.1. The van der Waals surface area contributed by atoms with E-state index in [2.05, 4.69) is 4.98 Å². The van der Waals surface area contributed by atoms with E-state index >= 15 is 0 Å². The number of hydrogen-bond acceptors (Lipinski definition) is 4. The third-order valence-corrected chi connectivity index (χ3v) is 4.22. The van der Waals surface area contributed by atoms with Crippen molar-refractivity contribution in [3.8, 4) is 0 Å². The SMILES string of the molecule is O=C(O)C(=O)N(Cc1ccc2scnc2c1)CC1CC1. The van der Waals surface area contributed by atoms with E-state index in [1.807, 2.05) is 18.2 Å². The van der Waals surface area contributed by atoms with Crippen molar-refractivity contribution in [2.45, 2.75) is 19.4 Å². The molecule has 6 heteroatoms. The van der Waals surface area contributed by atoms with Crippen molar-refractivity contribution in [3.05, 3.63) is 29.3 Å². The predicted octanol–water partition coefficient (Wildman–Crippen LogP) is 2.12. The molecule has 1 aliphatic carbocycles. The second-order valence-corrected chi connectivity index (χ2v) is 5.97. The molecule has 0 spiro atoms. The summed E-state index contributed by atoms with van der Waals surface area (Å²) in [4.78, 5) is 28.3. The molecule has 1 amide bonds. The molecule has 1 saturated carbocycles. The van der Waals surface area contributed by atoms with Crippen LogP contribution >= 0.6 is 11.3 Å². The molecule has 0 aliphatic heterocycles. The van der Waals surface area contributed by atoms with Crippen LogP contribution in [0.15, 0.2) is 23.7 Å². The molecular weight excluding hydrogens is 276 g/mol. The number of carboxylic acid groups (broad SMARTS) is 1. The summed E-state index contributed by atoms with van der Waals surface area (Å²) < 4.78 is 1.09. The number of amides is 1. The van der Waals surface area contributed by atoms with E-state index in [4.69, 9.17) is 5.11 Å². The Balaban J connectivity index is 1.79. The van der Waals surface area contributed by atoms with Gasteiger partial charge in [0.05, 0.1) is 15.7 Å². The Bertz CT molecular complexity index is 663. The van der Waals surface area contributed by atoms with Crippen molar-refractivity contribution in [1.29, 1.82) is 0 Å². The third-order valence-electron chi connectivity index (χ3n) is 3.41. The molecule has 3 rings (SSSR count). The van der Waals surface area contributed by atoms with Crippen LogP contribution in [0, 0.1) is 5.92 Å². The van der Waals surface area contributed by atoms with Gasteiger partial charge in [0, 0.05) is 13.1 Å². The fraction of sp³-hybridized carbons (Fsp3) is 0.357. The van der Waals surface area contributed by atoms with Crippen LogP contribution in [0.5, 0.6) is 0 Å². The van der Waals surface area contributed by atoms with Crippen LogP contribution < -0.4 is 0 Å². The van der Waals surface area contributed by atoms with Gasteiger partial charge in [0.1, 0.15) is 0 Å². The summed E-state index contributed by atoms with van der Waals surface area (Å²) in [5, 5.41) is 8.90. The smallest absolute Gasteiger partial charge is 0.394 e. The molecular formula is C14H14N2O3S. The van der Waals surface area contributed by atoms with Crippen molar-refractivity contribution in [1.82, 2.24) is 9.88 Å². The van der Waals surface area contributed by atoms with E-state index in [0.717, 1.165) is 28.6 Å². The molecule has 1 aromatic heterocycles. The molecule has 0 bridgehead atoms. The van der Waals surface area contributed by atoms with Gasteiger partial charge in [-0.05, 0) is 36.5 Å². The van der Waals surface area contributed by atoms with E-state index in [0.29, 0.717) is 19.0 Å². The highest BCUT2D eigenvalue weighted by atomic mass is 32.1. The maximum atomic E-state index is 11.7. The summed E-state index contributed by atoms with van der Waals surface area (Å²) in [5.74, 6) is -1.75. The van der Waals surface area contributed by atoms with E-state index in [1.165, 1.54) is 4.90 Å². The number of benzene rings is 1. The van der Waals surface area contributed by atoms with Gasteiger partial charge in [-0.3, -0.25) is 4.79 Å². The molecule has 20 heavy (non-hydrogen) atoms. The Morgan fingerprint density at radius 1 is 1.40 bits per heavy atom. The van der Waals surface area contributed by atoms with Gasteiger partial charge in [-0.1, -0.05) is 6.07 Å². The summed E-state index contributed by atoms with van der Waals surface area (Å²) in [6.07, 6.45) is 2.16. The molecule has 1 heterocycles. The van der Waals surface area contributed by atoms with Crippen molar-refractivity contribution in [3.63, 3.8) is 0 Å². The van der Waals surface area contributed by atoms with Crippen LogP contribution in [-0.4, -0.2) is 33.4 Å². The van der Waals surface area contributed by atoms with Crippen molar-refractivity contribution < 1.29 is 14.7 Å². The van der Waals surface area contributed by atoms with Crippen molar-refractivity contribution in [2.75, 3.05) is 6.54 Å². The first-order chi connectivity index (χ1) is 9.63. The van der Waals surface area contributed by atoms with E-state index in [-0.39, 0.29) is 0 Å².